The zero-order valence-electron chi connectivity index (χ0n) is 14.9. The van der Waals surface area contributed by atoms with Crippen LogP contribution in [-0.4, -0.2) is 47.9 Å². The molecule has 2 aromatic heterocycles. The fourth-order valence-electron chi connectivity index (χ4n) is 1.93. The average molecular weight is 361 g/mol. The van der Waals surface area contributed by atoms with Crippen molar-refractivity contribution < 1.29 is 19.0 Å². The van der Waals surface area contributed by atoms with Crippen LogP contribution in [0.3, 0.4) is 0 Å². The Kier molecular flexibility index (Phi) is 7.91. The number of nitrogens with one attached hydrogen (secondary N) is 2. The lowest BCUT2D eigenvalue weighted by atomic mass is 10.3. The van der Waals surface area contributed by atoms with E-state index in [0.29, 0.717) is 24.8 Å². The molecule has 0 bridgehead atoms. The zero-order valence-corrected chi connectivity index (χ0v) is 14.9. The smallest absolute Gasteiger partial charge is 0.413 e. The van der Waals surface area contributed by atoms with Gasteiger partial charge in [-0.15, -0.1) is 0 Å². The van der Waals surface area contributed by atoms with Crippen LogP contribution < -0.4 is 20.1 Å². The quantitative estimate of drug-likeness (QED) is 0.622. The van der Waals surface area contributed by atoms with E-state index in [0.717, 1.165) is 25.1 Å². The van der Waals surface area contributed by atoms with Gasteiger partial charge in [0, 0.05) is 18.9 Å². The molecule has 140 valence electrons. The number of carbonyl (C=O) groups is 1. The molecular formula is C17H23N5O4. The number of carbonyl (C=O) groups excluding carboxylic acids is 1. The molecule has 0 aliphatic heterocycles. The topological polar surface area (TPSA) is 107 Å². The lowest BCUT2D eigenvalue weighted by molar-refractivity contribution is 0.186. The van der Waals surface area contributed by atoms with Crippen LogP contribution in [0.5, 0.6) is 11.5 Å². The van der Waals surface area contributed by atoms with Gasteiger partial charge in [-0.25, -0.2) is 9.78 Å². The highest BCUT2D eigenvalue weighted by molar-refractivity contribution is 5.82. The molecule has 9 nitrogen and oxygen atoms in total. The molecule has 0 fully saturated rings. The minimum atomic E-state index is -0.635. The van der Waals surface area contributed by atoms with Crippen molar-refractivity contribution in [2.75, 3.05) is 37.5 Å². The van der Waals surface area contributed by atoms with Crippen LogP contribution in [0.15, 0.2) is 30.7 Å². The lowest BCUT2D eigenvalue weighted by Crippen LogP contribution is -2.16. The number of hydrogen-bond acceptors (Lipinski definition) is 8. The maximum atomic E-state index is 11.3. The van der Waals surface area contributed by atoms with Crippen molar-refractivity contribution in [3.8, 4) is 11.5 Å². The summed E-state index contributed by atoms with van der Waals surface area (Å²) in [5.74, 6) is 1.84. The van der Waals surface area contributed by atoms with Crippen molar-refractivity contribution in [2.24, 2.45) is 0 Å². The van der Waals surface area contributed by atoms with Gasteiger partial charge in [-0.2, -0.15) is 4.98 Å². The maximum Gasteiger partial charge on any atom is 0.413 e. The van der Waals surface area contributed by atoms with E-state index in [1.807, 2.05) is 0 Å². The first-order valence-corrected chi connectivity index (χ1v) is 8.34. The number of anilines is 2. The summed E-state index contributed by atoms with van der Waals surface area (Å²) in [6.07, 6.45) is 6.21. The summed E-state index contributed by atoms with van der Waals surface area (Å²) >= 11 is 0. The van der Waals surface area contributed by atoms with Crippen LogP contribution >= 0.6 is 0 Å². The van der Waals surface area contributed by atoms with Crippen LogP contribution in [0.2, 0.25) is 0 Å². The van der Waals surface area contributed by atoms with Gasteiger partial charge in [0.05, 0.1) is 13.3 Å². The second-order valence-corrected chi connectivity index (χ2v) is 5.18. The zero-order chi connectivity index (χ0) is 18.6. The predicted octanol–water partition coefficient (Wildman–Crippen LogP) is 2.72. The van der Waals surface area contributed by atoms with Gasteiger partial charge in [0.15, 0.2) is 11.6 Å². The fourth-order valence-corrected chi connectivity index (χ4v) is 1.93. The van der Waals surface area contributed by atoms with Crippen molar-refractivity contribution in [1.82, 2.24) is 15.0 Å². The minimum absolute atomic E-state index is 0.135. The summed E-state index contributed by atoms with van der Waals surface area (Å²) in [4.78, 5) is 23.5. The highest BCUT2D eigenvalue weighted by Gasteiger charge is 2.11. The van der Waals surface area contributed by atoms with E-state index >= 15 is 0 Å². The second kappa shape index (κ2) is 10.7. The SMILES string of the molecule is CCCCNc1nc(NC(=O)OC)ncc1OCCOc1ccncc1. The summed E-state index contributed by atoms with van der Waals surface area (Å²) in [7, 11) is 1.27. The molecule has 0 aliphatic carbocycles. The standard InChI is InChI=1S/C17H23N5O4/c1-3-4-7-19-15-14(12-20-16(21-15)22-17(23)24-2)26-11-10-25-13-5-8-18-9-6-13/h5-6,8-9,12H,3-4,7,10-11H2,1-2H3,(H2,19,20,21,22,23). The summed E-state index contributed by atoms with van der Waals surface area (Å²) in [6, 6.07) is 3.54. The highest BCUT2D eigenvalue weighted by atomic mass is 16.5. The van der Waals surface area contributed by atoms with E-state index in [1.165, 1.54) is 13.3 Å². The number of unbranched alkanes of at least 4 members (excludes halogenated alkanes) is 1. The Hall–Kier alpha value is -3.10. The number of rotatable bonds is 10. The van der Waals surface area contributed by atoms with E-state index in [-0.39, 0.29) is 5.95 Å². The molecule has 0 saturated carbocycles. The Bertz CT molecular complexity index is 684. The number of amides is 1. The number of methoxy groups -OCH3 is 1. The van der Waals surface area contributed by atoms with Gasteiger partial charge < -0.3 is 19.5 Å². The summed E-state index contributed by atoms with van der Waals surface area (Å²) in [5, 5.41) is 5.62. The van der Waals surface area contributed by atoms with Crippen LogP contribution in [0.4, 0.5) is 16.6 Å². The van der Waals surface area contributed by atoms with Gasteiger partial charge in [0.1, 0.15) is 19.0 Å². The molecule has 0 atom stereocenters. The average Bonchev–Trinajstić information content (AvgIpc) is 2.67. The van der Waals surface area contributed by atoms with Gasteiger partial charge in [0.25, 0.3) is 0 Å². The largest absolute Gasteiger partial charge is 0.490 e. The molecule has 0 aromatic carbocycles. The van der Waals surface area contributed by atoms with Gasteiger partial charge >= 0.3 is 6.09 Å². The Morgan fingerprint density at radius 3 is 2.69 bits per heavy atom. The Labute approximate surface area is 152 Å². The molecule has 26 heavy (non-hydrogen) atoms. The molecule has 2 aromatic rings. The van der Waals surface area contributed by atoms with Crippen LogP contribution in [0, 0.1) is 0 Å². The molecule has 9 heteroatoms. The van der Waals surface area contributed by atoms with Gasteiger partial charge in [-0.1, -0.05) is 13.3 Å². The van der Waals surface area contributed by atoms with E-state index < -0.39 is 6.09 Å². The molecule has 0 spiro atoms. The van der Waals surface area contributed by atoms with E-state index in [1.54, 1.807) is 24.5 Å². The third-order valence-electron chi connectivity index (χ3n) is 3.24. The molecule has 2 heterocycles. The van der Waals surface area contributed by atoms with Gasteiger partial charge in [-0.05, 0) is 18.6 Å². The molecule has 1 amide bonds. The van der Waals surface area contributed by atoms with Crippen molar-refractivity contribution in [2.45, 2.75) is 19.8 Å². The summed E-state index contributed by atoms with van der Waals surface area (Å²) < 4.78 is 15.8. The lowest BCUT2D eigenvalue weighted by Gasteiger charge is -2.13. The molecule has 0 aliphatic rings. The monoisotopic (exact) mass is 361 g/mol. The molecule has 0 radical (unpaired) electrons. The van der Waals surface area contributed by atoms with Crippen LogP contribution in [-0.2, 0) is 4.74 Å². The number of aromatic nitrogens is 3. The number of nitrogens with zero attached hydrogens (tertiary/aromatic N) is 3. The summed E-state index contributed by atoms with van der Waals surface area (Å²) in [5.41, 5.74) is 0. The minimum Gasteiger partial charge on any atom is -0.490 e. The maximum absolute atomic E-state index is 11.3. The van der Waals surface area contributed by atoms with Crippen molar-refractivity contribution in [3.05, 3.63) is 30.7 Å². The van der Waals surface area contributed by atoms with Crippen LogP contribution in [0.25, 0.3) is 0 Å². The van der Waals surface area contributed by atoms with Crippen molar-refractivity contribution >= 4 is 17.9 Å². The van der Waals surface area contributed by atoms with E-state index in [9.17, 15) is 4.79 Å². The van der Waals surface area contributed by atoms with E-state index in [4.69, 9.17) is 9.47 Å². The number of hydrogen-bond donors (Lipinski definition) is 2. The predicted molar refractivity (Wildman–Crippen MR) is 96.7 cm³/mol. The third kappa shape index (κ3) is 6.42. The summed E-state index contributed by atoms with van der Waals surface area (Å²) in [6.45, 7) is 3.51. The molecular weight excluding hydrogens is 338 g/mol. The Morgan fingerprint density at radius 1 is 1.19 bits per heavy atom. The van der Waals surface area contributed by atoms with Crippen molar-refractivity contribution in [1.29, 1.82) is 0 Å². The first kappa shape index (κ1) is 19.2. The first-order valence-electron chi connectivity index (χ1n) is 8.34. The highest BCUT2D eigenvalue weighted by Crippen LogP contribution is 2.22. The number of ether oxygens (including phenoxy) is 3. The normalized spacial score (nSPS) is 10.1. The second-order valence-electron chi connectivity index (χ2n) is 5.18. The van der Waals surface area contributed by atoms with Gasteiger partial charge in [0.2, 0.25) is 5.95 Å². The molecule has 2 rings (SSSR count). The molecule has 2 N–H and O–H groups in total. The van der Waals surface area contributed by atoms with Crippen LogP contribution in [0.1, 0.15) is 19.8 Å². The fraction of sp³-hybridized carbons (Fsp3) is 0.412. The molecule has 0 unspecified atom stereocenters. The Morgan fingerprint density at radius 2 is 1.96 bits per heavy atom. The van der Waals surface area contributed by atoms with Crippen molar-refractivity contribution in [3.63, 3.8) is 0 Å². The molecule has 0 saturated heterocycles. The number of pyridine rings is 1. The Balaban J connectivity index is 1.94. The first-order chi connectivity index (χ1) is 12.7. The third-order valence-corrected chi connectivity index (χ3v) is 3.24. The van der Waals surface area contributed by atoms with Gasteiger partial charge in [-0.3, -0.25) is 10.3 Å². The van der Waals surface area contributed by atoms with E-state index in [2.05, 4.69) is 37.2 Å².